The van der Waals surface area contributed by atoms with Crippen LogP contribution >= 0.6 is 0 Å². The summed E-state index contributed by atoms with van der Waals surface area (Å²) in [5.41, 5.74) is 1.09. The van der Waals surface area contributed by atoms with E-state index in [1.165, 1.54) is 12.8 Å². The zero-order valence-electron chi connectivity index (χ0n) is 15.3. The highest BCUT2D eigenvalue weighted by molar-refractivity contribution is 5.20. The fraction of sp³-hybridized carbons (Fsp3) is 0.632. The van der Waals surface area contributed by atoms with Crippen LogP contribution in [0, 0.1) is 11.8 Å². The molecule has 2 aromatic heterocycles. The first-order valence-corrected chi connectivity index (χ1v) is 9.27. The van der Waals surface area contributed by atoms with Crippen molar-refractivity contribution in [2.45, 2.75) is 45.1 Å². The quantitative estimate of drug-likeness (QED) is 0.875. The van der Waals surface area contributed by atoms with E-state index in [4.69, 9.17) is 9.72 Å². The first-order chi connectivity index (χ1) is 12.1. The van der Waals surface area contributed by atoms with Crippen LogP contribution in [-0.4, -0.2) is 45.3 Å². The Morgan fingerprint density at radius 1 is 1.28 bits per heavy atom. The van der Waals surface area contributed by atoms with Crippen molar-refractivity contribution in [2.75, 3.05) is 20.2 Å². The number of nitrogens with one attached hydrogen (secondary N) is 1. The highest BCUT2D eigenvalue weighted by Crippen LogP contribution is 2.47. The maximum Gasteiger partial charge on any atom is 0.153 e. The van der Waals surface area contributed by atoms with Crippen molar-refractivity contribution in [1.82, 2.24) is 25.1 Å². The van der Waals surface area contributed by atoms with Crippen molar-refractivity contribution in [3.63, 3.8) is 0 Å². The Bertz CT molecular complexity index is 707. The minimum atomic E-state index is 0.366. The van der Waals surface area contributed by atoms with Crippen LogP contribution < -0.4 is 4.74 Å². The van der Waals surface area contributed by atoms with Crippen molar-refractivity contribution >= 4 is 0 Å². The van der Waals surface area contributed by atoms with Crippen LogP contribution in [0.2, 0.25) is 0 Å². The van der Waals surface area contributed by atoms with Gasteiger partial charge < -0.3 is 4.74 Å². The second-order valence-electron chi connectivity index (χ2n) is 7.72. The molecular formula is C19H27N5O. The van der Waals surface area contributed by atoms with Crippen LogP contribution in [0.15, 0.2) is 18.3 Å². The Balaban J connectivity index is 1.47. The van der Waals surface area contributed by atoms with Gasteiger partial charge >= 0.3 is 0 Å². The van der Waals surface area contributed by atoms with Gasteiger partial charge in [0.15, 0.2) is 5.82 Å². The number of hydrogen-bond donors (Lipinski definition) is 1. The summed E-state index contributed by atoms with van der Waals surface area (Å²) in [6.45, 7) is 7.32. The number of ether oxygens (including phenoxy) is 1. The molecule has 0 bridgehead atoms. The number of hydrogen-bond acceptors (Lipinski definition) is 5. The summed E-state index contributed by atoms with van der Waals surface area (Å²) in [5, 5.41) is 7.64. The van der Waals surface area contributed by atoms with E-state index in [2.05, 4.69) is 40.0 Å². The van der Waals surface area contributed by atoms with Gasteiger partial charge in [-0.3, -0.25) is 15.0 Å². The number of likely N-dealkylation sites (tertiary alicyclic amines) is 1. The van der Waals surface area contributed by atoms with Gasteiger partial charge in [-0.1, -0.05) is 13.8 Å². The molecule has 1 saturated carbocycles. The molecule has 2 fully saturated rings. The van der Waals surface area contributed by atoms with Gasteiger partial charge in [0, 0.05) is 31.5 Å². The van der Waals surface area contributed by atoms with Crippen LogP contribution in [0.25, 0.3) is 0 Å². The molecule has 0 radical (unpaired) electrons. The molecule has 1 saturated heterocycles. The van der Waals surface area contributed by atoms with Gasteiger partial charge in [-0.2, -0.15) is 5.10 Å². The summed E-state index contributed by atoms with van der Waals surface area (Å²) in [6, 6.07) is 4.04. The Kier molecular flexibility index (Phi) is 4.46. The number of aromatic nitrogens is 4. The minimum absolute atomic E-state index is 0.366. The fourth-order valence-corrected chi connectivity index (χ4v) is 3.90. The van der Waals surface area contributed by atoms with E-state index in [0.29, 0.717) is 17.8 Å². The lowest BCUT2D eigenvalue weighted by atomic mass is 9.91. The van der Waals surface area contributed by atoms with E-state index >= 15 is 0 Å². The van der Waals surface area contributed by atoms with Crippen molar-refractivity contribution < 1.29 is 4.74 Å². The monoisotopic (exact) mass is 341 g/mol. The van der Waals surface area contributed by atoms with Gasteiger partial charge in [0.1, 0.15) is 11.6 Å². The fourth-order valence-electron chi connectivity index (χ4n) is 3.90. The van der Waals surface area contributed by atoms with Crippen molar-refractivity contribution in [3.05, 3.63) is 35.7 Å². The molecule has 0 unspecified atom stereocenters. The van der Waals surface area contributed by atoms with Gasteiger partial charge in [-0.05, 0) is 36.8 Å². The van der Waals surface area contributed by atoms with Gasteiger partial charge in [0.25, 0.3) is 0 Å². The van der Waals surface area contributed by atoms with Gasteiger partial charge in [0.05, 0.1) is 19.0 Å². The molecule has 25 heavy (non-hydrogen) atoms. The zero-order chi connectivity index (χ0) is 17.4. The van der Waals surface area contributed by atoms with Crippen molar-refractivity contribution in [2.24, 2.45) is 11.8 Å². The molecule has 3 heterocycles. The summed E-state index contributed by atoms with van der Waals surface area (Å²) in [5.74, 6) is 5.18. The second kappa shape index (κ2) is 6.75. The smallest absolute Gasteiger partial charge is 0.153 e. The first kappa shape index (κ1) is 16.5. The molecule has 6 heteroatoms. The summed E-state index contributed by atoms with van der Waals surface area (Å²) in [7, 11) is 1.67. The predicted octanol–water partition coefficient (Wildman–Crippen LogP) is 2.96. The summed E-state index contributed by atoms with van der Waals surface area (Å²) in [6.07, 6.45) is 4.52. The van der Waals surface area contributed by atoms with Crippen molar-refractivity contribution in [3.8, 4) is 5.75 Å². The topological polar surface area (TPSA) is 66.9 Å². The normalized spacial score (nSPS) is 24.2. The minimum Gasteiger partial charge on any atom is -0.495 e. The number of rotatable bonds is 6. The van der Waals surface area contributed by atoms with Crippen LogP contribution in [-0.2, 0) is 6.54 Å². The molecule has 134 valence electrons. The average Bonchev–Trinajstić information content (AvgIpc) is 3.18. The molecule has 0 aromatic carbocycles. The summed E-state index contributed by atoms with van der Waals surface area (Å²) in [4.78, 5) is 11.8. The first-order valence-electron chi connectivity index (χ1n) is 9.27. The van der Waals surface area contributed by atoms with Gasteiger partial charge in [0.2, 0.25) is 0 Å². The maximum absolute atomic E-state index is 5.20. The molecule has 2 atom stereocenters. The molecule has 0 amide bonds. The average molecular weight is 341 g/mol. The van der Waals surface area contributed by atoms with E-state index in [-0.39, 0.29) is 0 Å². The van der Waals surface area contributed by atoms with Gasteiger partial charge in [-0.25, -0.2) is 4.98 Å². The lowest BCUT2D eigenvalue weighted by Gasteiger charge is -2.15. The number of aromatic amines is 1. The Labute approximate surface area is 149 Å². The second-order valence-corrected chi connectivity index (χ2v) is 7.72. The maximum atomic E-state index is 5.20. The lowest BCUT2D eigenvalue weighted by molar-refractivity contribution is 0.305. The molecule has 2 aromatic rings. The Morgan fingerprint density at radius 3 is 2.72 bits per heavy atom. The number of methoxy groups -OCH3 is 1. The molecule has 4 rings (SSSR count). The summed E-state index contributed by atoms with van der Waals surface area (Å²) >= 11 is 0. The molecule has 1 N–H and O–H groups in total. The van der Waals surface area contributed by atoms with E-state index in [9.17, 15) is 0 Å². The number of pyridine rings is 1. The predicted molar refractivity (Wildman–Crippen MR) is 95.5 cm³/mol. The van der Waals surface area contributed by atoms with E-state index < -0.39 is 0 Å². The molecule has 0 spiro atoms. The van der Waals surface area contributed by atoms with E-state index in [1.54, 1.807) is 13.3 Å². The molecule has 1 aliphatic carbocycles. The van der Waals surface area contributed by atoms with Crippen LogP contribution in [0.3, 0.4) is 0 Å². The van der Waals surface area contributed by atoms with Crippen LogP contribution in [0.4, 0.5) is 0 Å². The highest BCUT2D eigenvalue weighted by Gasteiger charge is 2.44. The molecule has 6 nitrogen and oxygen atoms in total. The Hall–Kier alpha value is -1.95. The molecular weight excluding hydrogens is 314 g/mol. The standard InChI is InChI=1S/C19H27N5O/c1-12(2)18-21-19(23-22-18)17-11-24(10-16(17)13-4-5-13)9-14-6-7-15(25-3)8-20-14/h6-8,12-13,16-17H,4-5,9-11H2,1-3H3,(H,21,22,23)/t16-,17+/m1/s1. The third-order valence-electron chi connectivity index (χ3n) is 5.47. The molecule has 1 aliphatic heterocycles. The number of nitrogens with zero attached hydrogens (tertiary/aromatic N) is 4. The highest BCUT2D eigenvalue weighted by atomic mass is 16.5. The van der Waals surface area contributed by atoms with Crippen LogP contribution in [0.5, 0.6) is 5.75 Å². The SMILES string of the molecule is COc1ccc(CN2C[C@H](c3nc(C(C)C)n[nH]3)[C@@H](C3CC3)C2)nc1. The largest absolute Gasteiger partial charge is 0.495 e. The molecule has 2 aliphatic rings. The van der Waals surface area contributed by atoms with Gasteiger partial charge in [-0.15, -0.1) is 0 Å². The Morgan fingerprint density at radius 2 is 2.12 bits per heavy atom. The lowest BCUT2D eigenvalue weighted by Crippen LogP contribution is -2.21. The van der Waals surface area contributed by atoms with E-state index in [0.717, 1.165) is 48.6 Å². The van der Waals surface area contributed by atoms with E-state index in [1.807, 2.05) is 6.07 Å². The summed E-state index contributed by atoms with van der Waals surface area (Å²) < 4.78 is 5.20. The third-order valence-corrected chi connectivity index (χ3v) is 5.47. The van der Waals surface area contributed by atoms with Crippen molar-refractivity contribution in [1.29, 1.82) is 0 Å². The zero-order valence-corrected chi connectivity index (χ0v) is 15.3. The third kappa shape index (κ3) is 3.54. The number of H-pyrrole nitrogens is 1. The van der Waals surface area contributed by atoms with Crippen LogP contribution in [0.1, 0.15) is 55.9 Å².